The zero-order valence-corrected chi connectivity index (χ0v) is 13.0. The van der Waals surface area contributed by atoms with Crippen molar-refractivity contribution in [2.45, 2.75) is 65.1 Å². The van der Waals surface area contributed by atoms with Crippen LogP contribution in [-0.4, -0.2) is 18.0 Å². The molecule has 0 aromatic heterocycles. The average Bonchev–Trinajstić information content (AvgIpc) is 2.45. The van der Waals surface area contributed by atoms with E-state index in [9.17, 15) is 13.6 Å². The standard InChI is InChI=1S/C17H24F2O2/c1-4-5-6-7-8-12(2)21-13(3)17(20)14-9-10-15(18)16(19)11-14/h9-13H,4-8H2,1-3H3. The van der Waals surface area contributed by atoms with Crippen molar-refractivity contribution in [2.75, 3.05) is 0 Å². The number of ketones is 1. The molecule has 1 aromatic rings. The molecule has 0 saturated heterocycles. The summed E-state index contributed by atoms with van der Waals surface area (Å²) in [6.45, 7) is 5.73. The van der Waals surface area contributed by atoms with Gasteiger partial charge in [0.05, 0.1) is 6.10 Å². The number of hydrogen-bond acceptors (Lipinski definition) is 2. The molecule has 0 amide bonds. The summed E-state index contributed by atoms with van der Waals surface area (Å²) >= 11 is 0. The smallest absolute Gasteiger partial charge is 0.191 e. The molecule has 0 aliphatic rings. The molecule has 0 bridgehead atoms. The van der Waals surface area contributed by atoms with Gasteiger partial charge in [-0.3, -0.25) is 4.79 Å². The Hall–Kier alpha value is -1.29. The lowest BCUT2D eigenvalue weighted by molar-refractivity contribution is 0.00831. The second-order valence-corrected chi connectivity index (χ2v) is 5.43. The van der Waals surface area contributed by atoms with Crippen molar-refractivity contribution in [3.8, 4) is 0 Å². The fraction of sp³-hybridized carbons (Fsp3) is 0.588. The van der Waals surface area contributed by atoms with Crippen LogP contribution in [0, 0.1) is 11.6 Å². The predicted octanol–water partition coefficient (Wildman–Crippen LogP) is 4.91. The third-order valence-electron chi connectivity index (χ3n) is 3.47. The highest BCUT2D eigenvalue weighted by Gasteiger charge is 2.19. The molecule has 0 fully saturated rings. The zero-order chi connectivity index (χ0) is 15.8. The second-order valence-electron chi connectivity index (χ2n) is 5.43. The van der Waals surface area contributed by atoms with E-state index < -0.39 is 17.7 Å². The molecule has 0 radical (unpaired) electrons. The summed E-state index contributed by atoms with van der Waals surface area (Å²) in [5.74, 6) is -2.29. The number of rotatable bonds is 9. The largest absolute Gasteiger partial charge is 0.367 e. The number of hydrogen-bond donors (Lipinski definition) is 0. The molecule has 2 atom stereocenters. The van der Waals surface area contributed by atoms with Crippen LogP contribution in [0.1, 0.15) is 63.2 Å². The number of halogens is 2. The van der Waals surface area contributed by atoms with Crippen LogP contribution >= 0.6 is 0 Å². The molecular formula is C17H24F2O2. The first-order valence-electron chi connectivity index (χ1n) is 7.60. The van der Waals surface area contributed by atoms with Crippen LogP contribution in [0.2, 0.25) is 0 Å². The third-order valence-corrected chi connectivity index (χ3v) is 3.47. The fourth-order valence-corrected chi connectivity index (χ4v) is 2.22. The maximum atomic E-state index is 13.1. The van der Waals surface area contributed by atoms with Gasteiger partial charge in [-0.2, -0.15) is 0 Å². The van der Waals surface area contributed by atoms with E-state index in [1.54, 1.807) is 6.92 Å². The Morgan fingerprint density at radius 1 is 1.14 bits per heavy atom. The molecule has 21 heavy (non-hydrogen) atoms. The number of carbonyl (C=O) groups is 1. The van der Waals surface area contributed by atoms with Gasteiger partial charge in [0.2, 0.25) is 0 Å². The Balaban J connectivity index is 2.48. The molecule has 0 saturated carbocycles. The molecule has 1 aromatic carbocycles. The molecular weight excluding hydrogens is 274 g/mol. The van der Waals surface area contributed by atoms with Crippen molar-refractivity contribution in [1.82, 2.24) is 0 Å². The van der Waals surface area contributed by atoms with Crippen LogP contribution in [0.3, 0.4) is 0 Å². The van der Waals surface area contributed by atoms with E-state index in [0.717, 1.165) is 31.4 Å². The lowest BCUT2D eigenvalue weighted by Gasteiger charge is -2.18. The van der Waals surface area contributed by atoms with Gasteiger partial charge in [-0.15, -0.1) is 0 Å². The molecule has 0 aliphatic heterocycles. The fourth-order valence-electron chi connectivity index (χ4n) is 2.22. The third kappa shape index (κ3) is 5.92. The molecule has 0 spiro atoms. The normalized spacial score (nSPS) is 14.0. The van der Waals surface area contributed by atoms with E-state index in [-0.39, 0.29) is 17.5 Å². The molecule has 1 rings (SSSR count). The molecule has 4 heteroatoms. The molecule has 2 nitrogen and oxygen atoms in total. The highest BCUT2D eigenvalue weighted by Crippen LogP contribution is 2.15. The summed E-state index contributed by atoms with van der Waals surface area (Å²) in [5.41, 5.74) is 0.139. The maximum Gasteiger partial charge on any atom is 0.191 e. The highest BCUT2D eigenvalue weighted by atomic mass is 19.2. The van der Waals surface area contributed by atoms with E-state index in [1.807, 2.05) is 6.92 Å². The molecule has 0 aliphatic carbocycles. The van der Waals surface area contributed by atoms with Crippen molar-refractivity contribution in [1.29, 1.82) is 0 Å². The van der Waals surface area contributed by atoms with E-state index >= 15 is 0 Å². The average molecular weight is 298 g/mol. The molecule has 0 N–H and O–H groups in total. The lowest BCUT2D eigenvalue weighted by atomic mass is 10.1. The number of unbranched alkanes of at least 4 members (excludes halogenated alkanes) is 3. The first kappa shape index (κ1) is 17.8. The molecule has 2 unspecified atom stereocenters. The van der Waals surface area contributed by atoms with Crippen LogP contribution in [0.5, 0.6) is 0 Å². The minimum atomic E-state index is -1.01. The topological polar surface area (TPSA) is 26.3 Å². The van der Waals surface area contributed by atoms with Crippen LogP contribution in [0.15, 0.2) is 18.2 Å². The number of ether oxygens (including phenoxy) is 1. The number of carbonyl (C=O) groups excluding carboxylic acids is 1. The second kappa shape index (κ2) is 8.88. The van der Waals surface area contributed by atoms with Gasteiger partial charge in [0.15, 0.2) is 17.4 Å². The Morgan fingerprint density at radius 3 is 2.48 bits per heavy atom. The Labute approximate surface area is 125 Å². The van der Waals surface area contributed by atoms with Gasteiger partial charge in [-0.05, 0) is 38.5 Å². The predicted molar refractivity (Wildman–Crippen MR) is 79.5 cm³/mol. The maximum absolute atomic E-state index is 13.1. The Bertz CT molecular complexity index is 460. The monoisotopic (exact) mass is 298 g/mol. The van der Waals surface area contributed by atoms with Gasteiger partial charge in [-0.1, -0.05) is 32.6 Å². The summed E-state index contributed by atoms with van der Waals surface area (Å²) in [6, 6.07) is 3.17. The van der Waals surface area contributed by atoms with E-state index in [1.165, 1.54) is 18.9 Å². The van der Waals surface area contributed by atoms with Crippen molar-refractivity contribution >= 4 is 5.78 Å². The Morgan fingerprint density at radius 2 is 1.86 bits per heavy atom. The van der Waals surface area contributed by atoms with Crippen LogP contribution in [-0.2, 0) is 4.74 Å². The first-order chi connectivity index (χ1) is 9.95. The SMILES string of the molecule is CCCCCCC(C)OC(C)C(=O)c1ccc(F)c(F)c1. The summed E-state index contributed by atoms with van der Waals surface area (Å²) < 4.78 is 31.6. The van der Waals surface area contributed by atoms with Crippen LogP contribution < -0.4 is 0 Å². The van der Waals surface area contributed by atoms with Crippen molar-refractivity contribution in [3.05, 3.63) is 35.4 Å². The van der Waals surface area contributed by atoms with Gasteiger partial charge in [0.25, 0.3) is 0 Å². The minimum absolute atomic E-state index is 0.0221. The van der Waals surface area contributed by atoms with Crippen molar-refractivity contribution in [2.24, 2.45) is 0 Å². The zero-order valence-electron chi connectivity index (χ0n) is 13.0. The summed E-state index contributed by atoms with van der Waals surface area (Å²) in [6.07, 6.45) is 4.84. The summed E-state index contributed by atoms with van der Waals surface area (Å²) in [5, 5.41) is 0. The Kier molecular flexibility index (Phi) is 7.51. The van der Waals surface area contributed by atoms with Crippen LogP contribution in [0.25, 0.3) is 0 Å². The first-order valence-corrected chi connectivity index (χ1v) is 7.60. The van der Waals surface area contributed by atoms with Gasteiger partial charge in [0, 0.05) is 5.56 Å². The van der Waals surface area contributed by atoms with Gasteiger partial charge >= 0.3 is 0 Å². The van der Waals surface area contributed by atoms with E-state index in [4.69, 9.17) is 4.74 Å². The highest BCUT2D eigenvalue weighted by molar-refractivity contribution is 5.99. The van der Waals surface area contributed by atoms with Gasteiger partial charge in [-0.25, -0.2) is 8.78 Å². The minimum Gasteiger partial charge on any atom is -0.367 e. The molecule has 0 heterocycles. The van der Waals surface area contributed by atoms with Crippen molar-refractivity contribution in [3.63, 3.8) is 0 Å². The van der Waals surface area contributed by atoms with Crippen LogP contribution in [0.4, 0.5) is 8.78 Å². The van der Waals surface area contributed by atoms with E-state index in [2.05, 4.69) is 6.92 Å². The lowest BCUT2D eigenvalue weighted by Crippen LogP contribution is -2.25. The quantitative estimate of drug-likeness (QED) is 0.478. The molecule has 118 valence electrons. The number of Topliss-reactive ketones (excluding diaryl/α,β-unsaturated/α-hetero) is 1. The van der Waals surface area contributed by atoms with Gasteiger partial charge < -0.3 is 4.74 Å². The van der Waals surface area contributed by atoms with Gasteiger partial charge in [0.1, 0.15) is 6.10 Å². The van der Waals surface area contributed by atoms with E-state index in [0.29, 0.717) is 0 Å². The summed E-state index contributed by atoms with van der Waals surface area (Å²) in [7, 11) is 0. The summed E-state index contributed by atoms with van der Waals surface area (Å²) in [4.78, 5) is 12.1. The number of benzene rings is 1. The van der Waals surface area contributed by atoms with Crippen molar-refractivity contribution < 1.29 is 18.3 Å².